The molecule has 6 nitrogen and oxygen atoms in total. The number of aromatic nitrogens is 4. The number of rotatable bonds is 2. The molecular weight excluding hydrogens is 220 g/mol. The molecule has 0 aliphatic carbocycles. The fraction of sp³-hybridized carbons (Fsp3) is 0. The minimum atomic E-state index is -1.12. The van der Waals surface area contributed by atoms with Crippen molar-refractivity contribution >= 4 is 17.6 Å². The van der Waals surface area contributed by atoms with Crippen molar-refractivity contribution in [3.8, 4) is 5.82 Å². The molecule has 2 aromatic rings. The number of aromatic carboxylic acids is 1. The summed E-state index contributed by atoms with van der Waals surface area (Å²) in [6.45, 7) is 0. The molecule has 0 radical (unpaired) electrons. The van der Waals surface area contributed by atoms with E-state index in [9.17, 15) is 4.79 Å². The Morgan fingerprint density at radius 2 is 2.20 bits per heavy atom. The van der Waals surface area contributed by atoms with Gasteiger partial charge in [-0.25, -0.2) is 9.48 Å². The summed E-state index contributed by atoms with van der Waals surface area (Å²) in [5.41, 5.74) is -0.114. The zero-order valence-electron chi connectivity index (χ0n) is 7.33. The molecule has 0 saturated carbocycles. The van der Waals surface area contributed by atoms with Gasteiger partial charge >= 0.3 is 5.97 Å². The van der Waals surface area contributed by atoms with E-state index in [1.165, 1.54) is 23.0 Å². The van der Waals surface area contributed by atoms with Crippen LogP contribution in [0.25, 0.3) is 5.82 Å². The molecule has 7 heteroatoms. The van der Waals surface area contributed by atoms with Gasteiger partial charge in [-0.3, -0.25) is 0 Å². The van der Waals surface area contributed by atoms with E-state index in [0.29, 0.717) is 10.8 Å². The largest absolute Gasteiger partial charge is 0.476 e. The van der Waals surface area contributed by atoms with Gasteiger partial charge < -0.3 is 5.11 Å². The molecule has 0 atom stereocenters. The molecule has 2 heterocycles. The van der Waals surface area contributed by atoms with Gasteiger partial charge in [0.1, 0.15) is 0 Å². The maximum atomic E-state index is 10.5. The number of hydrogen-bond donors (Lipinski definition) is 1. The lowest BCUT2D eigenvalue weighted by Gasteiger charge is -1.98. The van der Waals surface area contributed by atoms with E-state index in [-0.39, 0.29) is 5.69 Å². The van der Waals surface area contributed by atoms with Crippen LogP contribution in [0, 0.1) is 0 Å². The van der Waals surface area contributed by atoms with E-state index in [0.717, 1.165) is 0 Å². The molecule has 0 unspecified atom stereocenters. The molecule has 0 spiro atoms. The molecule has 0 saturated heterocycles. The zero-order chi connectivity index (χ0) is 10.8. The summed E-state index contributed by atoms with van der Waals surface area (Å²) in [5, 5.41) is 20.2. The minimum absolute atomic E-state index is 0.114. The molecular formula is C8H5ClN4O2. The molecule has 0 fully saturated rings. The fourth-order valence-corrected chi connectivity index (χ4v) is 1.12. The standard InChI is InChI=1S/C8H5ClN4O2/c9-5-3-10-13(4-5)7-2-1-6(8(14)15)11-12-7/h1-4H,(H,14,15). The Kier molecular flexibility index (Phi) is 2.34. The third-order valence-corrected chi connectivity index (χ3v) is 1.85. The molecule has 0 bridgehead atoms. The van der Waals surface area contributed by atoms with Crippen molar-refractivity contribution in [1.29, 1.82) is 0 Å². The van der Waals surface area contributed by atoms with Crippen molar-refractivity contribution in [3.63, 3.8) is 0 Å². The molecule has 2 aromatic heterocycles. The second-order valence-corrected chi connectivity index (χ2v) is 3.12. The Morgan fingerprint density at radius 3 is 2.67 bits per heavy atom. The number of carboxylic acids is 1. The highest BCUT2D eigenvalue weighted by Crippen LogP contribution is 2.09. The van der Waals surface area contributed by atoms with Crippen LogP contribution in [0.2, 0.25) is 5.02 Å². The van der Waals surface area contributed by atoms with Crippen LogP contribution >= 0.6 is 11.6 Å². The summed E-state index contributed by atoms with van der Waals surface area (Å²) < 4.78 is 1.40. The van der Waals surface area contributed by atoms with Crippen LogP contribution in [0.3, 0.4) is 0 Å². The summed E-state index contributed by atoms with van der Waals surface area (Å²) in [6, 6.07) is 2.85. The lowest BCUT2D eigenvalue weighted by atomic mass is 10.4. The van der Waals surface area contributed by atoms with E-state index in [2.05, 4.69) is 15.3 Å². The monoisotopic (exact) mass is 224 g/mol. The Balaban J connectivity index is 2.35. The third-order valence-electron chi connectivity index (χ3n) is 1.66. The van der Waals surface area contributed by atoms with Gasteiger partial charge in [-0.2, -0.15) is 5.10 Å². The van der Waals surface area contributed by atoms with Crippen molar-refractivity contribution in [2.24, 2.45) is 0 Å². The number of halogens is 1. The van der Waals surface area contributed by atoms with Gasteiger partial charge in [0.25, 0.3) is 0 Å². The smallest absolute Gasteiger partial charge is 0.356 e. The first-order valence-electron chi connectivity index (χ1n) is 3.94. The maximum absolute atomic E-state index is 10.5. The van der Waals surface area contributed by atoms with Crippen LogP contribution in [0.4, 0.5) is 0 Å². The number of carboxylic acid groups (broad SMARTS) is 1. The first kappa shape index (κ1) is 9.60. The van der Waals surface area contributed by atoms with Gasteiger partial charge in [0.05, 0.1) is 17.4 Å². The summed E-state index contributed by atoms with van der Waals surface area (Å²) in [6.07, 6.45) is 3.00. The molecule has 15 heavy (non-hydrogen) atoms. The summed E-state index contributed by atoms with van der Waals surface area (Å²) in [7, 11) is 0. The average Bonchev–Trinajstić information content (AvgIpc) is 2.65. The van der Waals surface area contributed by atoms with Crippen molar-refractivity contribution < 1.29 is 9.90 Å². The van der Waals surface area contributed by atoms with Crippen LogP contribution in [0.1, 0.15) is 10.5 Å². The first-order chi connectivity index (χ1) is 7.16. The van der Waals surface area contributed by atoms with E-state index >= 15 is 0 Å². The number of nitrogens with zero attached hydrogens (tertiary/aromatic N) is 4. The third kappa shape index (κ3) is 1.94. The van der Waals surface area contributed by atoms with Crippen LogP contribution in [-0.4, -0.2) is 31.1 Å². The van der Waals surface area contributed by atoms with E-state index in [4.69, 9.17) is 16.7 Å². The van der Waals surface area contributed by atoms with E-state index in [1.807, 2.05) is 0 Å². The molecule has 0 aliphatic rings. The van der Waals surface area contributed by atoms with Gasteiger partial charge in [0.2, 0.25) is 0 Å². The van der Waals surface area contributed by atoms with Crippen LogP contribution in [0.15, 0.2) is 24.5 Å². The Bertz CT molecular complexity index is 494. The predicted molar refractivity (Wildman–Crippen MR) is 51.1 cm³/mol. The fourth-order valence-electron chi connectivity index (χ4n) is 0.988. The Labute approximate surface area is 89.1 Å². The van der Waals surface area contributed by atoms with Crippen LogP contribution in [0.5, 0.6) is 0 Å². The quantitative estimate of drug-likeness (QED) is 0.824. The van der Waals surface area contributed by atoms with E-state index < -0.39 is 5.97 Å². The SMILES string of the molecule is O=C(O)c1ccc(-n2cc(Cl)cn2)nn1. The average molecular weight is 225 g/mol. The molecule has 0 amide bonds. The molecule has 76 valence electrons. The normalized spacial score (nSPS) is 10.2. The highest BCUT2D eigenvalue weighted by Gasteiger charge is 2.06. The van der Waals surface area contributed by atoms with E-state index in [1.54, 1.807) is 6.20 Å². The highest BCUT2D eigenvalue weighted by molar-refractivity contribution is 6.30. The van der Waals surface area contributed by atoms with Crippen LogP contribution in [-0.2, 0) is 0 Å². The zero-order valence-corrected chi connectivity index (χ0v) is 8.09. The maximum Gasteiger partial charge on any atom is 0.356 e. The minimum Gasteiger partial charge on any atom is -0.476 e. The number of hydrogen-bond acceptors (Lipinski definition) is 4. The second-order valence-electron chi connectivity index (χ2n) is 2.69. The van der Waals surface area contributed by atoms with Gasteiger partial charge in [-0.05, 0) is 12.1 Å². The lowest BCUT2D eigenvalue weighted by Crippen LogP contribution is -2.05. The van der Waals surface area contributed by atoms with Gasteiger partial charge in [-0.15, -0.1) is 10.2 Å². The van der Waals surface area contributed by atoms with Gasteiger partial charge in [0.15, 0.2) is 11.5 Å². The first-order valence-corrected chi connectivity index (χ1v) is 4.32. The summed E-state index contributed by atoms with van der Waals surface area (Å²) in [5.74, 6) is -0.709. The summed E-state index contributed by atoms with van der Waals surface area (Å²) in [4.78, 5) is 10.5. The van der Waals surface area contributed by atoms with Gasteiger partial charge in [-0.1, -0.05) is 11.6 Å². The van der Waals surface area contributed by atoms with Crippen LogP contribution < -0.4 is 0 Å². The second kappa shape index (κ2) is 3.66. The molecule has 0 aromatic carbocycles. The topological polar surface area (TPSA) is 80.9 Å². The molecule has 1 N–H and O–H groups in total. The van der Waals surface area contributed by atoms with Crippen molar-refractivity contribution in [2.75, 3.05) is 0 Å². The van der Waals surface area contributed by atoms with Crippen molar-refractivity contribution in [2.45, 2.75) is 0 Å². The predicted octanol–water partition coefficient (Wildman–Crippen LogP) is 1.01. The Morgan fingerprint density at radius 1 is 1.40 bits per heavy atom. The highest BCUT2D eigenvalue weighted by atomic mass is 35.5. The van der Waals surface area contributed by atoms with Crippen molar-refractivity contribution in [1.82, 2.24) is 20.0 Å². The molecule has 2 rings (SSSR count). The number of carbonyl (C=O) groups is 1. The van der Waals surface area contributed by atoms with Crippen molar-refractivity contribution in [3.05, 3.63) is 35.2 Å². The molecule has 0 aliphatic heterocycles. The lowest BCUT2D eigenvalue weighted by molar-refractivity contribution is 0.0689. The Hall–Kier alpha value is -1.95. The van der Waals surface area contributed by atoms with Gasteiger partial charge in [0, 0.05) is 0 Å². The summed E-state index contributed by atoms with van der Waals surface area (Å²) >= 11 is 5.67.